The zero-order chi connectivity index (χ0) is 15.2. The van der Waals surface area contributed by atoms with E-state index in [9.17, 15) is 9.90 Å². The molecule has 0 bridgehead atoms. The highest BCUT2D eigenvalue weighted by molar-refractivity contribution is 5.74. The number of aryl methyl sites for hydroxylation is 1. The van der Waals surface area contributed by atoms with Crippen LogP contribution in [0.5, 0.6) is 0 Å². The first-order chi connectivity index (χ1) is 10.1. The van der Waals surface area contributed by atoms with Gasteiger partial charge in [-0.15, -0.1) is 0 Å². The molecule has 1 aromatic carbocycles. The number of fused-ring (bicyclic) bond motifs is 1. The second-order valence-corrected chi connectivity index (χ2v) is 4.95. The number of methoxy groups -OCH3 is 1. The molecule has 1 atom stereocenters. The number of nitrogens with one attached hydrogen (secondary N) is 1. The molecule has 0 spiro atoms. The molecule has 1 heterocycles. The van der Waals surface area contributed by atoms with Crippen molar-refractivity contribution in [1.29, 1.82) is 0 Å². The fourth-order valence-corrected chi connectivity index (χ4v) is 2.22. The molecular weight excluding hydrogens is 270 g/mol. The highest BCUT2D eigenvalue weighted by Gasteiger charge is 2.11. The maximum absolute atomic E-state index is 12.2. The van der Waals surface area contributed by atoms with Crippen LogP contribution in [0.25, 0.3) is 11.0 Å². The summed E-state index contributed by atoms with van der Waals surface area (Å²) >= 11 is 0. The Labute approximate surface area is 123 Å². The molecule has 6 heteroatoms. The van der Waals surface area contributed by atoms with E-state index in [0.29, 0.717) is 25.4 Å². The van der Waals surface area contributed by atoms with Crippen molar-refractivity contribution in [2.45, 2.75) is 19.6 Å². The molecule has 1 unspecified atom stereocenters. The lowest BCUT2D eigenvalue weighted by Gasteiger charge is -2.16. The number of rotatable bonds is 7. The first-order valence-corrected chi connectivity index (χ1v) is 6.97. The van der Waals surface area contributed by atoms with E-state index in [1.54, 1.807) is 18.6 Å². The van der Waals surface area contributed by atoms with E-state index in [2.05, 4.69) is 10.3 Å². The molecule has 2 aromatic rings. The maximum atomic E-state index is 12.2. The van der Waals surface area contributed by atoms with Crippen LogP contribution in [0.4, 0.5) is 0 Å². The molecule has 2 rings (SSSR count). The van der Waals surface area contributed by atoms with E-state index in [0.717, 1.165) is 11.0 Å². The number of ether oxygens (including phenoxy) is 1. The van der Waals surface area contributed by atoms with Gasteiger partial charge in [-0.3, -0.25) is 4.79 Å². The SMILES string of the molecule is COCCNCC(O)Cn1c(=O)c(C)nc2ccccc21. The molecule has 6 nitrogen and oxygen atoms in total. The van der Waals surface area contributed by atoms with Crippen LogP contribution in [0.3, 0.4) is 0 Å². The van der Waals surface area contributed by atoms with Gasteiger partial charge in [0.05, 0.1) is 30.3 Å². The lowest BCUT2D eigenvalue weighted by Crippen LogP contribution is -2.36. The molecule has 2 N–H and O–H groups in total. The molecule has 0 saturated carbocycles. The van der Waals surface area contributed by atoms with E-state index in [4.69, 9.17) is 4.74 Å². The van der Waals surface area contributed by atoms with Crippen molar-refractivity contribution in [3.8, 4) is 0 Å². The molecule has 0 fully saturated rings. The molecule has 0 amide bonds. The average Bonchev–Trinajstić information content (AvgIpc) is 2.48. The minimum Gasteiger partial charge on any atom is -0.390 e. The molecular formula is C15H21N3O3. The van der Waals surface area contributed by atoms with Crippen LogP contribution in [0.15, 0.2) is 29.1 Å². The van der Waals surface area contributed by atoms with E-state index >= 15 is 0 Å². The first-order valence-electron chi connectivity index (χ1n) is 6.97. The highest BCUT2D eigenvalue weighted by atomic mass is 16.5. The maximum Gasteiger partial charge on any atom is 0.272 e. The number of aromatic nitrogens is 2. The molecule has 0 aliphatic carbocycles. The van der Waals surface area contributed by atoms with E-state index < -0.39 is 6.10 Å². The van der Waals surface area contributed by atoms with Crippen LogP contribution in [0.2, 0.25) is 0 Å². The summed E-state index contributed by atoms with van der Waals surface area (Å²) in [5, 5.41) is 13.2. The van der Waals surface area contributed by atoms with Gasteiger partial charge in [-0.25, -0.2) is 4.98 Å². The number of nitrogens with zero attached hydrogens (tertiary/aromatic N) is 2. The number of hydrogen-bond acceptors (Lipinski definition) is 5. The molecule has 21 heavy (non-hydrogen) atoms. The summed E-state index contributed by atoms with van der Waals surface area (Å²) in [7, 11) is 1.63. The van der Waals surface area contributed by atoms with Gasteiger partial charge in [0.25, 0.3) is 5.56 Å². The number of aliphatic hydroxyl groups is 1. The summed E-state index contributed by atoms with van der Waals surface area (Å²) in [5.74, 6) is 0. The summed E-state index contributed by atoms with van der Waals surface area (Å²) in [4.78, 5) is 16.5. The predicted molar refractivity (Wildman–Crippen MR) is 81.5 cm³/mol. The van der Waals surface area contributed by atoms with Crippen LogP contribution >= 0.6 is 0 Å². The predicted octanol–water partition coefficient (Wildman–Crippen LogP) is 0.302. The first kappa shape index (κ1) is 15.6. The lowest BCUT2D eigenvalue weighted by atomic mass is 10.2. The number of hydrogen-bond donors (Lipinski definition) is 2. The standard InChI is InChI=1S/C15H21N3O3/c1-11-15(20)18(10-12(19)9-16-7-8-21-2)14-6-4-3-5-13(14)17-11/h3-6,12,16,19H,7-10H2,1-2H3. The van der Waals surface area contributed by atoms with Crippen molar-refractivity contribution >= 4 is 11.0 Å². The molecule has 114 valence electrons. The van der Waals surface area contributed by atoms with Crippen LogP contribution in [-0.4, -0.2) is 47.6 Å². The van der Waals surface area contributed by atoms with E-state index in [1.165, 1.54) is 0 Å². The second-order valence-electron chi connectivity index (χ2n) is 4.95. The highest BCUT2D eigenvalue weighted by Crippen LogP contribution is 2.10. The summed E-state index contributed by atoms with van der Waals surface area (Å²) in [5.41, 5.74) is 1.77. The van der Waals surface area contributed by atoms with Gasteiger partial charge >= 0.3 is 0 Å². The number of para-hydroxylation sites is 2. The Hall–Kier alpha value is -1.76. The van der Waals surface area contributed by atoms with Crippen molar-refractivity contribution in [2.24, 2.45) is 0 Å². The third-order valence-corrected chi connectivity index (χ3v) is 3.27. The lowest BCUT2D eigenvalue weighted by molar-refractivity contribution is 0.144. The Morgan fingerprint density at radius 2 is 2.19 bits per heavy atom. The Bertz CT molecular complexity index is 654. The molecule has 0 aliphatic heterocycles. The van der Waals surface area contributed by atoms with Crippen molar-refractivity contribution in [3.05, 3.63) is 40.3 Å². The summed E-state index contributed by atoms with van der Waals surface area (Å²) < 4.78 is 6.51. The normalized spacial score (nSPS) is 12.7. The monoisotopic (exact) mass is 291 g/mol. The van der Waals surface area contributed by atoms with Crippen LogP contribution < -0.4 is 10.9 Å². The van der Waals surface area contributed by atoms with Gasteiger partial charge in [-0.1, -0.05) is 12.1 Å². The minimum atomic E-state index is -0.648. The number of benzene rings is 1. The average molecular weight is 291 g/mol. The smallest absolute Gasteiger partial charge is 0.272 e. The third kappa shape index (κ3) is 3.87. The zero-order valence-corrected chi connectivity index (χ0v) is 12.4. The van der Waals surface area contributed by atoms with Crippen LogP contribution in [0.1, 0.15) is 5.69 Å². The van der Waals surface area contributed by atoms with Gasteiger partial charge in [0, 0.05) is 20.2 Å². The van der Waals surface area contributed by atoms with Gasteiger partial charge in [-0.05, 0) is 19.1 Å². The summed E-state index contributed by atoms with van der Waals surface area (Å²) in [6.45, 7) is 3.59. The Balaban J connectivity index is 2.17. The van der Waals surface area contributed by atoms with Crippen molar-refractivity contribution < 1.29 is 9.84 Å². The van der Waals surface area contributed by atoms with Gasteiger partial charge < -0.3 is 19.7 Å². The van der Waals surface area contributed by atoms with Crippen LogP contribution in [-0.2, 0) is 11.3 Å². The van der Waals surface area contributed by atoms with Gasteiger partial charge in [0.1, 0.15) is 5.69 Å². The van der Waals surface area contributed by atoms with E-state index in [-0.39, 0.29) is 12.1 Å². The molecule has 0 radical (unpaired) electrons. The second kappa shape index (κ2) is 7.31. The van der Waals surface area contributed by atoms with Gasteiger partial charge in [-0.2, -0.15) is 0 Å². The van der Waals surface area contributed by atoms with Crippen molar-refractivity contribution in [2.75, 3.05) is 26.8 Å². The van der Waals surface area contributed by atoms with Gasteiger partial charge in [0.2, 0.25) is 0 Å². The topological polar surface area (TPSA) is 76.4 Å². The van der Waals surface area contributed by atoms with E-state index in [1.807, 2.05) is 24.3 Å². The Morgan fingerprint density at radius 3 is 2.95 bits per heavy atom. The number of aliphatic hydroxyl groups excluding tert-OH is 1. The Kier molecular flexibility index (Phi) is 5.44. The third-order valence-electron chi connectivity index (χ3n) is 3.27. The summed E-state index contributed by atoms with van der Waals surface area (Å²) in [6.07, 6.45) is -0.648. The quantitative estimate of drug-likeness (QED) is 0.718. The fourth-order valence-electron chi connectivity index (χ4n) is 2.22. The van der Waals surface area contributed by atoms with Crippen molar-refractivity contribution in [1.82, 2.24) is 14.9 Å². The molecule has 1 aromatic heterocycles. The van der Waals surface area contributed by atoms with Crippen LogP contribution in [0, 0.1) is 6.92 Å². The minimum absolute atomic E-state index is 0.162. The fraction of sp³-hybridized carbons (Fsp3) is 0.467. The Morgan fingerprint density at radius 1 is 1.43 bits per heavy atom. The summed E-state index contributed by atoms with van der Waals surface area (Å²) in [6, 6.07) is 7.45. The molecule has 0 aliphatic rings. The van der Waals surface area contributed by atoms with Crippen molar-refractivity contribution in [3.63, 3.8) is 0 Å². The molecule has 0 saturated heterocycles. The largest absolute Gasteiger partial charge is 0.390 e. The zero-order valence-electron chi connectivity index (χ0n) is 12.4. The van der Waals surface area contributed by atoms with Gasteiger partial charge in [0.15, 0.2) is 0 Å².